The topological polar surface area (TPSA) is 26.0 Å². The Balaban J connectivity index is 2.02. The molecule has 0 bridgehead atoms. The van der Waals surface area contributed by atoms with Crippen LogP contribution in [-0.2, 0) is 6.42 Å². The second kappa shape index (κ2) is 6.44. The Hall–Kier alpha value is -0.610. The van der Waals surface area contributed by atoms with E-state index >= 15 is 0 Å². The Labute approximate surface area is 133 Å². The molecule has 1 nitrogen and oxygen atoms in total. The average molecular weight is 322 g/mol. The largest absolute Gasteiger partial charge is 0.330 e. The number of hydrogen-bond donors (Lipinski definition) is 1. The second-order valence-electron chi connectivity index (χ2n) is 4.74. The lowest BCUT2D eigenvalue weighted by molar-refractivity contribution is 0.899. The first-order valence-electron chi connectivity index (χ1n) is 6.65. The molecule has 1 heterocycles. The van der Waals surface area contributed by atoms with E-state index in [9.17, 15) is 0 Å². The maximum absolute atomic E-state index is 6.16. The van der Waals surface area contributed by atoms with Crippen LogP contribution in [0.3, 0.4) is 0 Å². The zero-order chi connectivity index (χ0) is 13.9. The van der Waals surface area contributed by atoms with Crippen molar-refractivity contribution in [1.82, 2.24) is 0 Å². The molecule has 0 aromatic heterocycles. The molecule has 3 rings (SSSR count). The molecule has 0 saturated carbocycles. The minimum atomic E-state index is 0.460. The minimum absolute atomic E-state index is 0.460. The van der Waals surface area contributed by atoms with Crippen LogP contribution in [0.4, 0.5) is 0 Å². The summed E-state index contributed by atoms with van der Waals surface area (Å²) >= 11 is 9.94. The van der Waals surface area contributed by atoms with Crippen LogP contribution in [0.25, 0.3) is 0 Å². The number of halogens is 1. The highest BCUT2D eigenvalue weighted by molar-refractivity contribution is 8.00. The fourth-order valence-electron chi connectivity index (χ4n) is 2.43. The Morgan fingerprint density at radius 1 is 1.20 bits per heavy atom. The molecule has 104 valence electrons. The van der Waals surface area contributed by atoms with E-state index in [-0.39, 0.29) is 0 Å². The van der Waals surface area contributed by atoms with E-state index in [1.807, 2.05) is 29.6 Å². The lowest BCUT2D eigenvalue weighted by Gasteiger charge is -2.16. The Morgan fingerprint density at radius 3 is 2.90 bits per heavy atom. The minimum Gasteiger partial charge on any atom is -0.330 e. The first-order valence-corrected chi connectivity index (χ1v) is 8.89. The molecular formula is C16H16ClNS2. The Bertz CT molecular complexity index is 615. The number of rotatable bonds is 3. The molecule has 1 aliphatic rings. The van der Waals surface area contributed by atoms with E-state index < -0.39 is 0 Å². The van der Waals surface area contributed by atoms with Gasteiger partial charge in [0.2, 0.25) is 0 Å². The van der Waals surface area contributed by atoms with Gasteiger partial charge in [0.05, 0.1) is 0 Å². The summed E-state index contributed by atoms with van der Waals surface area (Å²) < 4.78 is 0. The standard InChI is InChI=1S/C16H16ClNS2/c17-12-5-6-14-11(9-12)10-16(19-8-7-18)13-3-1-2-4-15(13)20-14/h1-6,9,16H,7-8,10,18H2/t16-/m1/s1. The number of hydrogen-bond acceptors (Lipinski definition) is 3. The van der Waals surface area contributed by atoms with Gasteiger partial charge in [0.15, 0.2) is 0 Å². The SMILES string of the molecule is NCCS[C@@H]1Cc2cc(Cl)ccc2Sc2ccccc21. The first-order chi connectivity index (χ1) is 9.78. The van der Waals surface area contributed by atoms with E-state index in [4.69, 9.17) is 17.3 Å². The van der Waals surface area contributed by atoms with Crippen molar-refractivity contribution >= 4 is 35.1 Å². The normalized spacial score (nSPS) is 17.2. The van der Waals surface area contributed by atoms with Gasteiger partial charge in [-0.25, -0.2) is 0 Å². The lowest BCUT2D eigenvalue weighted by atomic mass is 10.0. The highest BCUT2D eigenvalue weighted by atomic mass is 35.5. The Morgan fingerprint density at radius 2 is 2.05 bits per heavy atom. The molecule has 0 amide bonds. The van der Waals surface area contributed by atoms with E-state index in [1.165, 1.54) is 20.9 Å². The van der Waals surface area contributed by atoms with Crippen LogP contribution in [0, 0.1) is 0 Å². The molecule has 0 fully saturated rings. The molecule has 0 spiro atoms. The molecule has 0 saturated heterocycles. The highest BCUT2D eigenvalue weighted by Crippen LogP contribution is 2.45. The highest BCUT2D eigenvalue weighted by Gasteiger charge is 2.22. The fraction of sp³-hybridized carbons (Fsp3) is 0.250. The van der Waals surface area contributed by atoms with Crippen molar-refractivity contribution in [3.05, 3.63) is 58.6 Å². The summed E-state index contributed by atoms with van der Waals surface area (Å²) in [6.45, 7) is 0.721. The lowest BCUT2D eigenvalue weighted by Crippen LogP contribution is -2.06. The van der Waals surface area contributed by atoms with Crippen LogP contribution in [0.2, 0.25) is 5.02 Å². The van der Waals surface area contributed by atoms with Crippen LogP contribution >= 0.6 is 35.1 Å². The van der Waals surface area contributed by atoms with E-state index in [1.54, 1.807) is 0 Å². The van der Waals surface area contributed by atoms with Crippen LogP contribution in [0.15, 0.2) is 52.3 Å². The summed E-state index contributed by atoms with van der Waals surface area (Å²) in [5, 5.41) is 1.28. The third-order valence-electron chi connectivity index (χ3n) is 3.35. The van der Waals surface area contributed by atoms with E-state index in [0.29, 0.717) is 5.25 Å². The van der Waals surface area contributed by atoms with Gasteiger partial charge in [-0.05, 0) is 41.8 Å². The van der Waals surface area contributed by atoms with Crippen molar-refractivity contribution in [1.29, 1.82) is 0 Å². The molecular weight excluding hydrogens is 306 g/mol. The van der Waals surface area contributed by atoms with Gasteiger partial charge >= 0.3 is 0 Å². The van der Waals surface area contributed by atoms with Gasteiger partial charge in [-0.3, -0.25) is 0 Å². The molecule has 0 radical (unpaired) electrons. The number of nitrogens with two attached hydrogens (primary N) is 1. The molecule has 0 unspecified atom stereocenters. The van der Waals surface area contributed by atoms with Crippen molar-refractivity contribution < 1.29 is 0 Å². The van der Waals surface area contributed by atoms with Crippen molar-refractivity contribution in [2.24, 2.45) is 5.73 Å². The summed E-state index contributed by atoms with van der Waals surface area (Å²) in [6.07, 6.45) is 1.02. The summed E-state index contributed by atoms with van der Waals surface area (Å²) in [6, 6.07) is 14.9. The molecule has 2 aromatic carbocycles. The number of thioether (sulfide) groups is 1. The quantitative estimate of drug-likeness (QED) is 0.881. The van der Waals surface area contributed by atoms with Gasteiger partial charge in [0.1, 0.15) is 0 Å². The van der Waals surface area contributed by atoms with Crippen LogP contribution in [-0.4, -0.2) is 12.3 Å². The van der Waals surface area contributed by atoms with Gasteiger partial charge < -0.3 is 5.73 Å². The maximum atomic E-state index is 6.16. The van der Waals surface area contributed by atoms with Gasteiger partial charge in [-0.2, -0.15) is 11.8 Å². The molecule has 0 aliphatic carbocycles. The summed E-state index contributed by atoms with van der Waals surface area (Å²) in [4.78, 5) is 2.67. The van der Waals surface area contributed by atoms with E-state index in [2.05, 4.69) is 36.4 Å². The predicted octanol–water partition coefficient (Wildman–Crippen LogP) is 4.78. The maximum Gasteiger partial charge on any atom is 0.0409 e. The van der Waals surface area contributed by atoms with Crippen molar-refractivity contribution in [3.8, 4) is 0 Å². The van der Waals surface area contributed by atoms with Crippen molar-refractivity contribution in [3.63, 3.8) is 0 Å². The zero-order valence-electron chi connectivity index (χ0n) is 11.0. The molecule has 1 atom stereocenters. The summed E-state index contributed by atoms with van der Waals surface area (Å²) in [5.74, 6) is 0.986. The molecule has 20 heavy (non-hydrogen) atoms. The fourth-order valence-corrected chi connectivity index (χ4v) is 4.93. The van der Waals surface area contributed by atoms with Gasteiger partial charge in [-0.15, -0.1) is 0 Å². The van der Waals surface area contributed by atoms with Gasteiger partial charge in [0.25, 0.3) is 0 Å². The van der Waals surface area contributed by atoms with E-state index in [0.717, 1.165) is 23.7 Å². The predicted molar refractivity (Wildman–Crippen MR) is 90.0 cm³/mol. The molecule has 4 heteroatoms. The monoisotopic (exact) mass is 321 g/mol. The zero-order valence-corrected chi connectivity index (χ0v) is 13.4. The van der Waals surface area contributed by atoms with Crippen molar-refractivity contribution in [2.75, 3.05) is 12.3 Å². The van der Waals surface area contributed by atoms with Crippen molar-refractivity contribution in [2.45, 2.75) is 21.5 Å². The third kappa shape index (κ3) is 3.01. The Kier molecular flexibility index (Phi) is 4.61. The second-order valence-corrected chi connectivity index (χ2v) is 7.57. The average Bonchev–Trinajstić information content (AvgIpc) is 2.61. The third-order valence-corrected chi connectivity index (χ3v) is 6.09. The first kappa shape index (κ1) is 14.3. The molecule has 1 aliphatic heterocycles. The van der Waals surface area contributed by atoms with Gasteiger partial charge in [0, 0.05) is 32.4 Å². The number of fused-ring (bicyclic) bond motifs is 2. The smallest absolute Gasteiger partial charge is 0.0409 e. The van der Waals surface area contributed by atoms with Gasteiger partial charge in [-0.1, -0.05) is 41.6 Å². The van der Waals surface area contributed by atoms with Crippen LogP contribution in [0.1, 0.15) is 16.4 Å². The summed E-state index contributed by atoms with van der Waals surface area (Å²) in [5.41, 5.74) is 8.44. The number of benzene rings is 2. The summed E-state index contributed by atoms with van der Waals surface area (Å²) in [7, 11) is 0. The van der Waals surface area contributed by atoms with Crippen LogP contribution in [0.5, 0.6) is 0 Å². The molecule has 2 N–H and O–H groups in total. The van der Waals surface area contributed by atoms with Crippen LogP contribution < -0.4 is 5.73 Å². The molecule has 2 aromatic rings.